The average molecular weight is 277 g/mol. The molecular formula is C14H19N3O3. The minimum atomic E-state index is -0.330. The van der Waals surface area contributed by atoms with Gasteiger partial charge in [-0.15, -0.1) is 0 Å². The molecule has 0 bridgehead atoms. The van der Waals surface area contributed by atoms with Crippen LogP contribution in [-0.4, -0.2) is 41.5 Å². The number of nitrogens with two attached hydrogens (primary N) is 1. The standard InChI is InChI=1S/C14H19N3O3/c1-20-11-7-5-10(6-8-11)14(18)17-9-3-2-4-12(17)13(15)16-19/h5-8,12,19H,2-4,9H2,1H3,(H2,15,16). The molecule has 2 rings (SSSR count). The van der Waals surface area contributed by atoms with Crippen molar-refractivity contribution >= 4 is 11.7 Å². The molecule has 1 fully saturated rings. The lowest BCUT2D eigenvalue weighted by Crippen LogP contribution is -2.50. The van der Waals surface area contributed by atoms with Gasteiger partial charge < -0.3 is 20.6 Å². The first-order valence-electron chi connectivity index (χ1n) is 6.60. The van der Waals surface area contributed by atoms with Crippen molar-refractivity contribution in [2.45, 2.75) is 25.3 Å². The van der Waals surface area contributed by atoms with Crippen LogP contribution in [0.4, 0.5) is 0 Å². The number of hydrogen-bond donors (Lipinski definition) is 2. The van der Waals surface area contributed by atoms with Crippen LogP contribution < -0.4 is 10.5 Å². The summed E-state index contributed by atoms with van der Waals surface area (Å²) in [6, 6.07) is 6.60. The maximum absolute atomic E-state index is 12.5. The minimum Gasteiger partial charge on any atom is -0.497 e. The van der Waals surface area contributed by atoms with E-state index in [0.29, 0.717) is 17.9 Å². The fourth-order valence-corrected chi connectivity index (χ4v) is 2.45. The molecule has 3 N–H and O–H groups in total. The van der Waals surface area contributed by atoms with Gasteiger partial charge in [0.25, 0.3) is 5.91 Å². The number of amides is 1. The zero-order chi connectivity index (χ0) is 14.5. The second-order valence-electron chi connectivity index (χ2n) is 4.76. The highest BCUT2D eigenvalue weighted by atomic mass is 16.5. The molecule has 1 atom stereocenters. The Labute approximate surface area is 117 Å². The topological polar surface area (TPSA) is 88.2 Å². The third-order valence-electron chi connectivity index (χ3n) is 3.56. The summed E-state index contributed by atoms with van der Waals surface area (Å²) < 4.78 is 5.07. The lowest BCUT2D eigenvalue weighted by Gasteiger charge is -2.34. The van der Waals surface area contributed by atoms with E-state index in [4.69, 9.17) is 15.7 Å². The van der Waals surface area contributed by atoms with Gasteiger partial charge in [-0.3, -0.25) is 4.79 Å². The van der Waals surface area contributed by atoms with E-state index in [-0.39, 0.29) is 17.8 Å². The number of hydrogen-bond acceptors (Lipinski definition) is 4. The van der Waals surface area contributed by atoms with Crippen LogP contribution in [0.3, 0.4) is 0 Å². The Morgan fingerprint density at radius 2 is 2.10 bits per heavy atom. The molecule has 6 heteroatoms. The van der Waals surface area contributed by atoms with Crippen LogP contribution in [0.2, 0.25) is 0 Å². The molecule has 1 unspecified atom stereocenters. The smallest absolute Gasteiger partial charge is 0.254 e. The highest BCUT2D eigenvalue weighted by molar-refractivity contribution is 5.98. The van der Waals surface area contributed by atoms with Crippen molar-refractivity contribution in [2.75, 3.05) is 13.7 Å². The maximum Gasteiger partial charge on any atom is 0.254 e. The predicted molar refractivity (Wildman–Crippen MR) is 75.1 cm³/mol. The summed E-state index contributed by atoms with van der Waals surface area (Å²) in [5.41, 5.74) is 6.26. The quantitative estimate of drug-likeness (QED) is 0.379. The largest absolute Gasteiger partial charge is 0.497 e. The first-order valence-corrected chi connectivity index (χ1v) is 6.60. The molecule has 0 saturated carbocycles. The first kappa shape index (κ1) is 14.2. The van der Waals surface area contributed by atoms with Crippen LogP contribution in [0.5, 0.6) is 5.75 Å². The third-order valence-corrected chi connectivity index (χ3v) is 3.56. The Bertz CT molecular complexity index is 499. The Hall–Kier alpha value is -2.24. The van der Waals surface area contributed by atoms with Gasteiger partial charge in [0.2, 0.25) is 0 Å². The van der Waals surface area contributed by atoms with Crippen molar-refractivity contribution in [3.63, 3.8) is 0 Å². The first-order chi connectivity index (χ1) is 9.67. The maximum atomic E-state index is 12.5. The molecule has 1 heterocycles. The molecule has 1 aliphatic rings. The molecule has 1 aromatic carbocycles. The van der Waals surface area contributed by atoms with Gasteiger partial charge in [0.1, 0.15) is 5.75 Å². The van der Waals surface area contributed by atoms with Crippen LogP contribution in [0.1, 0.15) is 29.6 Å². The molecule has 0 radical (unpaired) electrons. The summed E-state index contributed by atoms with van der Waals surface area (Å²) in [4.78, 5) is 14.2. The molecular weight excluding hydrogens is 258 g/mol. The number of amidine groups is 1. The van der Waals surface area contributed by atoms with Gasteiger partial charge in [0.05, 0.1) is 13.2 Å². The van der Waals surface area contributed by atoms with Gasteiger partial charge in [0.15, 0.2) is 5.84 Å². The number of ether oxygens (including phenoxy) is 1. The average Bonchev–Trinajstić information content (AvgIpc) is 2.53. The fraction of sp³-hybridized carbons (Fsp3) is 0.429. The second-order valence-corrected chi connectivity index (χ2v) is 4.76. The molecule has 20 heavy (non-hydrogen) atoms. The van der Waals surface area contributed by atoms with Gasteiger partial charge >= 0.3 is 0 Å². The van der Waals surface area contributed by atoms with Gasteiger partial charge in [-0.25, -0.2) is 0 Å². The summed E-state index contributed by atoms with van der Waals surface area (Å²) >= 11 is 0. The molecule has 108 valence electrons. The Kier molecular flexibility index (Phi) is 4.45. The number of benzene rings is 1. The van der Waals surface area contributed by atoms with Crippen LogP contribution in [-0.2, 0) is 0 Å². The molecule has 0 aromatic heterocycles. The molecule has 1 amide bonds. The highest BCUT2D eigenvalue weighted by Crippen LogP contribution is 2.21. The predicted octanol–water partition coefficient (Wildman–Crippen LogP) is 1.44. The van der Waals surface area contributed by atoms with Crippen molar-refractivity contribution in [3.8, 4) is 5.75 Å². The van der Waals surface area contributed by atoms with Gasteiger partial charge in [-0.1, -0.05) is 5.16 Å². The molecule has 0 aliphatic carbocycles. The van der Waals surface area contributed by atoms with Crippen LogP contribution in [0, 0.1) is 0 Å². The van der Waals surface area contributed by atoms with Crippen molar-refractivity contribution in [1.29, 1.82) is 0 Å². The second kappa shape index (κ2) is 6.27. The number of nitrogens with zero attached hydrogens (tertiary/aromatic N) is 2. The molecule has 6 nitrogen and oxygen atoms in total. The summed E-state index contributed by atoms with van der Waals surface area (Å²) in [7, 11) is 1.58. The summed E-state index contributed by atoms with van der Waals surface area (Å²) in [6.07, 6.45) is 2.61. The van der Waals surface area contributed by atoms with E-state index in [0.717, 1.165) is 19.3 Å². The van der Waals surface area contributed by atoms with Crippen LogP contribution >= 0.6 is 0 Å². The van der Waals surface area contributed by atoms with Crippen molar-refractivity contribution in [2.24, 2.45) is 10.9 Å². The number of piperidine rings is 1. The number of oxime groups is 1. The lowest BCUT2D eigenvalue weighted by atomic mass is 10.00. The van der Waals surface area contributed by atoms with E-state index in [2.05, 4.69) is 5.16 Å². The Morgan fingerprint density at radius 1 is 1.40 bits per heavy atom. The fourth-order valence-electron chi connectivity index (χ4n) is 2.45. The van der Waals surface area contributed by atoms with Crippen molar-refractivity contribution in [1.82, 2.24) is 4.90 Å². The molecule has 1 saturated heterocycles. The van der Waals surface area contributed by atoms with Crippen molar-refractivity contribution < 1.29 is 14.7 Å². The summed E-state index contributed by atoms with van der Waals surface area (Å²) in [5.74, 6) is 0.684. The SMILES string of the molecule is COc1ccc(C(=O)N2CCCCC2C(N)=NO)cc1. The number of rotatable bonds is 3. The lowest BCUT2D eigenvalue weighted by molar-refractivity contribution is 0.0676. The van der Waals surface area contributed by atoms with Gasteiger partial charge in [-0.2, -0.15) is 0 Å². The van der Waals surface area contributed by atoms with Crippen LogP contribution in [0.25, 0.3) is 0 Å². The Balaban J connectivity index is 2.20. The zero-order valence-corrected chi connectivity index (χ0v) is 11.5. The van der Waals surface area contributed by atoms with E-state index < -0.39 is 0 Å². The van der Waals surface area contributed by atoms with Crippen LogP contribution in [0.15, 0.2) is 29.4 Å². The van der Waals surface area contributed by atoms with Gasteiger partial charge in [-0.05, 0) is 43.5 Å². The number of methoxy groups -OCH3 is 1. The van der Waals surface area contributed by atoms with E-state index in [1.165, 1.54) is 0 Å². The Morgan fingerprint density at radius 3 is 2.70 bits per heavy atom. The van der Waals surface area contributed by atoms with E-state index >= 15 is 0 Å². The molecule has 1 aliphatic heterocycles. The van der Waals surface area contributed by atoms with E-state index in [9.17, 15) is 4.79 Å². The number of likely N-dealkylation sites (tertiary alicyclic amines) is 1. The highest BCUT2D eigenvalue weighted by Gasteiger charge is 2.30. The number of carbonyl (C=O) groups excluding carboxylic acids is 1. The monoisotopic (exact) mass is 277 g/mol. The minimum absolute atomic E-state index is 0.0894. The number of carbonyl (C=O) groups is 1. The third kappa shape index (κ3) is 2.84. The normalized spacial score (nSPS) is 19.8. The molecule has 1 aromatic rings. The van der Waals surface area contributed by atoms with Gasteiger partial charge in [0, 0.05) is 12.1 Å². The zero-order valence-electron chi connectivity index (χ0n) is 11.5. The van der Waals surface area contributed by atoms with E-state index in [1.54, 1.807) is 36.3 Å². The van der Waals surface area contributed by atoms with Crippen molar-refractivity contribution in [3.05, 3.63) is 29.8 Å². The summed E-state index contributed by atoms with van der Waals surface area (Å²) in [5, 5.41) is 11.9. The molecule has 0 spiro atoms. The van der Waals surface area contributed by atoms with E-state index in [1.807, 2.05) is 0 Å². The summed E-state index contributed by atoms with van der Waals surface area (Å²) in [6.45, 7) is 0.617.